The van der Waals surface area contributed by atoms with E-state index in [-0.39, 0.29) is 17.0 Å². The van der Waals surface area contributed by atoms with Gasteiger partial charge >= 0.3 is 71.7 Å². The Balaban J connectivity index is 0.000000148. The Morgan fingerprint density at radius 1 is 0.354 bits per heavy atom. The summed E-state index contributed by atoms with van der Waals surface area (Å²) in [5.74, 6) is 0. The SMILES string of the molecule is N#Cc1cc[c]([Pd][Cl])cc1.c1ccc(P(c2ccccc2)c2ccccc2)cc1.c1ccc(P(c2ccccc2)c2ccccc2)cc1. The van der Waals surface area contributed by atoms with Gasteiger partial charge in [0.15, 0.2) is 0 Å². The third kappa shape index (κ3) is 10.4. The zero-order valence-corrected chi connectivity index (χ0v) is 30.3. The summed E-state index contributed by atoms with van der Waals surface area (Å²) < 4.78 is 1.09. The second-order valence-electron chi connectivity index (χ2n) is 10.3. The molecule has 0 saturated heterocycles. The van der Waals surface area contributed by atoms with Gasteiger partial charge in [0, 0.05) is 0 Å². The molecule has 7 aromatic rings. The van der Waals surface area contributed by atoms with Crippen LogP contribution >= 0.6 is 25.4 Å². The predicted molar refractivity (Wildman–Crippen MR) is 207 cm³/mol. The first-order valence-electron chi connectivity index (χ1n) is 15.4. The van der Waals surface area contributed by atoms with Gasteiger partial charge in [-0.15, -0.1) is 0 Å². The minimum atomic E-state index is -0.446. The Morgan fingerprint density at radius 3 is 0.771 bits per heavy atom. The van der Waals surface area contributed by atoms with Gasteiger partial charge < -0.3 is 0 Å². The van der Waals surface area contributed by atoms with Crippen LogP contribution in [0.25, 0.3) is 0 Å². The molecule has 0 atom stereocenters. The van der Waals surface area contributed by atoms with E-state index in [0.29, 0.717) is 5.56 Å². The van der Waals surface area contributed by atoms with Crippen LogP contribution in [0, 0.1) is 11.3 Å². The van der Waals surface area contributed by atoms with Crippen molar-refractivity contribution in [1.29, 1.82) is 5.26 Å². The van der Waals surface area contributed by atoms with Crippen LogP contribution in [0.5, 0.6) is 0 Å². The molecule has 0 amide bonds. The van der Waals surface area contributed by atoms with Crippen molar-refractivity contribution < 1.29 is 17.0 Å². The first kappa shape index (κ1) is 35.2. The molecule has 0 aliphatic carbocycles. The molecular formula is C43H34ClNP2Pd. The topological polar surface area (TPSA) is 23.8 Å². The molecule has 0 heterocycles. The molecule has 0 N–H and O–H groups in total. The second-order valence-corrected chi connectivity index (χ2v) is 16.7. The Bertz CT molecular complexity index is 1630. The fourth-order valence-electron chi connectivity index (χ4n) is 4.91. The van der Waals surface area contributed by atoms with Crippen LogP contribution in [0.2, 0.25) is 0 Å². The zero-order valence-electron chi connectivity index (χ0n) is 26.2. The van der Waals surface area contributed by atoms with E-state index in [0.717, 1.165) is 4.04 Å². The van der Waals surface area contributed by atoms with Crippen LogP contribution in [0.4, 0.5) is 0 Å². The van der Waals surface area contributed by atoms with E-state index in [1.54, 1.807) is 12.1 Å². The van der Waals surface area contributed by atoms with Crippen molar-refractivity contribution in [2.75, 3.05) is 0 Å². The van der Waals surface area contributed by atoms with Crippen LogP contribution in [-0.4, -0.2) is 0 Å². The Morgan fingerprint density at radius 2 is 0.583 bits per heavy atom. The van der Waals surface area contributed by atoms with Gasteiger partial charge in [-0.3, -0.25) is 0 Å². The number of rotatable bonds is 7. The molecule has 0 fully saturated rings. The summed E-state index contributed by atoms with van der Waals surface area (Å²) in [5, 5.41) is 16.8. The smallest absolute Gasteiger partial charge is 0.0134 e. The van der Waals surface area contributed by atoms with Crippen molar-refractivity contribution >= 4 is 61.2 Å². The second kappa shape index (κ2) is 19.6. The van der Waals surface area contributed by atoms with Crippen molar-refractivity contribution in [1.82, 2.24) is 0 Å². The van der Waals surface area contributed by atoms with Crippen LogP contribution in [-0.2, 0) is 17.0 Å². The maximum Gasteiger partial charge on any atom is -0.0134 e. The van der Waals surface area contributed by atoms with Crippen molar-refractivity contribution in [2.45, 2.75) is 0 Å². The number of nitrogens with zero attached hydrogens (tertiary/aromatic N) is 1. The van der Waals surface area contributed by atoms with Crippen molar-refractivity contribution in [3.05, 3.63) is 212 Å². The fourth-order valence-corrected chi connectivity index (χ4v) is 10.4. The normalized spacial score (nSPS) is 10.3. The molecular weight excluding hydrogens is 734 g/mol. The first-order valence-corrected chi connectivity index (χ1v) is 20.8. The van der Waals surface area contributed by atoms with Crippen molar-refractivity contribution in [3.8, 4) is 6.07 Å². The molecule has 0 aliphatic rings. The van der Waals surface area contributed by atoms with Crippen LogP contribution in [0.15, 0.2) is 206 Å². The predicted octanol–water partition coefficient (Wildman–Crippen LogP) is 8.31. The van der Waals surface area contributed by atoms with E-state index in [1.165, 1.54) is 31.8 Å². The van der Waals surface area contributed by atoms with E-state index in [9.17, 15) is 0 Å². The Kier molecular flexibility index (Phi) is 14.4. The first-order chi connectivity index (χ1) is 23.8. The van der Waals surface area contributed by atoms with Gasteiger partial charge in [0.1, 0.15) is 0 Å². The Hall–Kier alpha value is -4.16. The molecule has 0 aliphatic heterocycles. The number of hydrogen-bond acceptors (Lipinski definition) is 1. The van der Waals surface area contributed by atoms with E-state index >= 15 is 0 Å². The maximum atomic E-state index is 8.42. The molecule has 0 spiro atoms. The van der Waals surface area contributed by atoms with Gasteiger partial charge in [-0.1, -0.05) is 182 Å². The van der Waals surface area contributed by atoms with Gasteiger partial charge in [-0.05, 0) is 47.7 Å². The summed E-state index contributed by atoms with van der Waals surface area (Å²) in [6.45, 7) is 0. The molecule has 0 aromatic heterocycles. The number of nitriles is 1. The standard InChI is InChI=1S/2C18H15P.C7H4N.ClH.Pd/c2*1-4-10-16(11-5-1)19(17-12-6-2-7-13-17)18-14-8-3-9-15-18;8-6-7-4-2-1-3-5-7;;/h2*1-15H;2-5H;1H;/q;;;;+1/p-1. The minimum Gasteiger partial charge on any atom is -0.0622 e. The largest absolute Gasteiger partial charge is 0.0622 e. The number of hydrogen-bond donors (Lipinski definition) is 0. The summed E-state index contributed by atoms with van der Waals surface area (Å²) in [7, 11) is 4.70. The zero-order chi connectivity index (χ0) is 33.2. The van der Waals surface area contributed by atoms with Gasteiger partial charge in [-0.2, -0.15) is 0 Å². The van der Waals surface area contributed by atoms with Crippen LogP contribution in [0.1, 0.15) is 5.56 Å². The molecule has 7 aromatic carbocycles. The monoisotopic (exact) mass is 767 g/mol. The molecule has 1 nitrogen and oxygen atoms in total. The average Bonchev–Trinajstić information content (AvgIpc) is 3.18. The maximum absolute atomic E-state index is 8.42. The van der Waals surface area contributed by atoms with Gasteiger partial charge in [0.2, 0.25) is 0 Å². The van der Waals surface area contributed by atoms with E-state index in [2.05, 4.69) is 182 Å². The van der Waals surface area contributed by atoms with Crippen LogP contribution < -0.4 is 35.9 Å². The van der Waals surface area contributed by atoms with E-state index < -0.39 is 15.8 Å². The van der Waals surface area contributed by atoms with Crippen molar-refractivity contribution in [2.24, 2.45) is 0 Å². The summed E-state index contributed by atoms with van der Waals surface area (Å²) >= 11 is 0.119. The number of benzene rings is 7. The minimum absolute atomic E-state index is 0.119. The molecule has 0 bridgehead atoms. The molecule has 48 heavy (non-hydrogen) atoms. The van der Waals surface area contributed by atoms with Gasteiger partial charge in [0.25, 0.3) is 0 Å². The summed E-state index contributed by atoms with van der Waals surface area (Å²) in [6.07, 6.45) is 0. The summed E-state index contributed by atoms with van der Waals surface area (Å²) in [4.78, 5) is 0. The fraction of sp³-hybridized carbons (Fsp3) is 0. The van der Waals surface area contributed by atoms with E-state index in [4.69, 9.17) is 14.8 Å². The molecule has 238 valence electrons. The van der Waals surface area contributed by atoms with E-state index in [1.807, 2.05) is 18.2 Å². The summed E-state index contributed by atoms with van der Waals surface area (Å²) in [5.41, 5.74) is 0.683. The molecule has 0 radical (unpaired) electrons. The Labute approximate surface area is 299 Å². The quantitative estimate of drug-likeness (QED) is 0.118. The summed E-state index contributed by atoms with van der Waals surface area (Å²) in [6, 6.07) is 74.0. The number of halogens is 1. The van der Waals surface area contributed by atoms with Crippen LogP contribution in [0.3, 0.4) is 0 Å². The molecule has 7 rings (SSSR count). The van der Waals surface area contributed by atoms with Gasteiger partial charge in [-0.25, -0.2) is 0 Å². The average molecular weight is 769 g/mol. The third-order valence-electron chi connectivity index (χ3n) is 7.11. The van der Waals surface area contributed by atoms with Gasteiger partial charge in [0.05, 0.1) is 0 Å². The molecule has 0 unspecified atom stereocenters. The third-order valence-corrected chi connectivity index (χ3v) is 13.7. The van der Waals surface area contributed by atoms with Crippen molar-refractivity contribution in [3.63, 3.8) is 0 Å². The molecule has 5 heteroatoms. The molecule has 0 saturated carbocycles.